The second-order valence-corrected chi connectivity index (χ2v) is 6.05. The lowest BCUT2D eigenvalue weighted by molar-refractivity contribution is -0.131. The first-order valence-electron chi connectivity index (χ1n) is 7.50. The summed E-state index contributed by atoms with van der Waals surface area (Å²) in [6.07, 6.45) is 2.43. The molecule has 0 aliphatic carbocycles. The van der Waals surface area contributed by atoms with E-state index < -0.39 is 0 Å². The van der Waals surface area contributed by atoms with Crippen LogP contribution in [0.4, 0.5) is 0 Å². The predicted octanol–water partition coefficient (Wildman–Crippen LogP) is -0.308. The molecule has 1 atom stereocenters. The van der Waals surface area contributed by atoms with Gasteiger partial charge in [0.25, 0.3) is 0 Å². The normalized spacial score (nSPS) is 25.7. The molecular weight excluding hydrogens is 240 g/mol. The summed E-state index contributed by atoms with van der Waals surface area (Å²) in [6, 6.07) is 0. The van der Waals surface area contributed by atoms with Crippen LogP contribution in [-0.2, 0) is 4.79 Å². The van der Waals surface area contributed by atoms with Crippen molar-refractivity contribution < 1.29 is 4.79 Å². The van der Waals surface area contributed by atoms with E-state index in [-0.39, 0.29) is 5.91 Å². The number of nitrogens with one attached hydrogen (secondary N) is 1. The van der Waals surface area contributed by atoms with Gasteiger partial charge in [-0.15, -0.1) is 0 Å². The summed E-state index contributed by atoms with van der Waals surface area (Å²) in [7, 11) is 4.13. The maximum absolute atomic E-state index is 12.1. The molecule has 0 aromatic heterocycles. The Balaban J connectivity index is 1.64. The fraction of sp³-hybridized carbons (Fsp3) is 0.929. The van der Waals surface area contributed by atoms with E-state index in [0.29, 0.717) is 6.54 Å². The van der Waals surface area contributed by atoms with Crippen LogP contribution in [0.1, 0.15) is 12.8 Å². The van der Waals surface area contributed by atoms with E-state index >= 15 is 0 Å². The Kier molecular flexibility index (Phi) is 5.60. The standard InChI is InChI=1S/C14H28N4O/c1-16-7-3-13(11-16)4-8-17(2)14(19)12-18-9-5-15-6-10-18/h13,15H,3-12H2,1-2H3. The van der Waals surface area contributed by atoms with Gasteiger partial charge in [0.15, 0.2) is 0 Å². The van der Waals surface area contributed by atoms with Crippen molar-refractivity contribution in [1.29, 1.82) is 0 Å². The summed E-state index contributed by atoms with van der Waals surface area (Å²) in [4.78, 5) is 18.7. The molecule has 1 unspecified atom stereocenters. The molecule has 2 rings (SSSR count). The maximum Gasteiger partial charge on any atom is 0.236 e. The molecule has 110 valence electrons. The van der Waals surface area contributed by atoms with Gasteiger partial charge in [0.1, 0.15) is 0 Å². The van der Waals surface area contributed by atoms with Crippen molar-refractivity contribution in [3.8, 4) is 0 Å². The molecule has 5 nitrogen and oxygen atoms in total. The smallest absolute Gasteiger partial charge is 0.236 e. The second-order valence-electron chi connectivity index (χ2n) is 6.05. The lowest BCUT2D eigenvalue weighted by Gasteiger charge is -2.28. The van der Waals surface area contributed by atoms with E-state index in [4.69, 9.17) is 0 Å². The quantitative estimate of drug-likeness (QED) is 0.742. The average molecular weight is 268 g/mol. The molecule has 1 amide bonds. The zero-order valence-corrected chi connectivity index (χ0v) is 12.4. The van der Waals surface area contributed by atoms with Gasteiger partial charge in [-0.3, -0.25) is 9.69 Å². The number of likely N-dealkylation sites (tertiary alicyclic amines) is 1. The number of hydrogen-bond acceptors (Lipinski definition) is 4. The number of hydrogen-bond donors (Lipinski definition) is 1. The van der Waals surface area contributed by atoms with E-state index in [1.165, 1.54) is 19.5 Å². The third-order valence-corrected chi connectivity index (χ3v) is 4.36. The van der Waals surface area contributed by atoms with E-state index in [0.717, 1.165) is 45.1 Å². The second kappa shape index (κ2) is 7.22. The molecule has 0 spiro atoms. The van der Waals surface area contributed by atoms with Crippen LogP contribution in [0.2, 0.25) is 0 Å². The zero-order chi connectivity index (χ0) is 13.7. The van der Waals surface area contributed by atoms with Crippen LogP contribution in [0.3, 0.4) is 0 Å². The van der Waals surface area contributed by atoms with Crippen molar-refractivity contribution >= 4 is 5.91 Å². The Morgan fingerprint density at radius 3 is 2.68 bits per heavy atom. The van der Waals surface area contributed by atoms with E-state index in [1.807, 2.05) is 11.9 Å². The van der Waals surface area contributed by atoms with Gasteiger partial charge in [0.2, 0.25) is 5.91 Å². The van der Waals surface area contributed by atoms with Crippen LogP contribution < -0.4 is 5.32 Å². The molecule has 1 N–H and O–H groups in total. The van der Waals surface area contributed by atoms with Crippen LogP contribution in [-0.4, -0.2) is 87.1 Å². The van der Waals surface area contributed by atoms with Gasteiger partial charge in [0.05, 0.1) is 6.54 Å². The molecule has 0 bridgehead atoms. The molecule has 0 aromatic carbocycles. The van der Waals surface area contributed by atoms with Crippen molar-refractivity contribution in [2.24, 2.45) is 5.92 Å². The first-order chi connectivity index (χ1) is 9.15. The first-order valence-corrected chi connectivity index (χ1v) is 7.50. The van der Waals surface area contributed by atoms with Crippen molar-refractivity contribution in [3.05, 3.63) is 0 Å². The molecule has 2 aliphatic rings. The van der Waals surface area contributed by atoms with E-state index in [1.54, 1.807) is 0 Å². The Bertz CT molecular complexity index is 291. The number of likely N-dealkylation sites (N-methyl/N-ethyl adjacent to an activating group) is 1. The summed E-state index contributed by atoms with van der Waals surface area (Å²) in [6.45, 7) is 7.89. The predicted molar refractivity (Wildman–Crippen MR) is 77.2 cm³/mol. The van der Waals surface area contributed by atoms with E-state index in [9.17, 15) is 4.79 Å². The lowest BCUT2D eigenvalue weighted by Crippen LogP contribution is -2.48. The molecule has 0 saturated carbocycles. The van der Waals surface area contributed by atoms with E-state index in [2.05, 4.69) is 22.2 Å². The van der Waals surface area contributed by atoms with Gasteiger partial charge >= 0.3 is 0 Å². The van der Waals surface area contributed by atoms with Crippen molar-refractivity contribution in [1.82, 2.24) is 20.0 Å². The highest BCUT2D eigenvalue weighted by atomic mass is 16.2. The maximum atomic E-state index is 12.1. The fourth-order valence-corrected chi connectivity index (χ4v) is 2.94. The van der Waals surface area contributed by atoms with Crippen LogP contribution in [0.15, 0.2) is 0 Å². The van der Waals surface area contributed by atoms with Crippen LogP contribution in [0, 0.1) is 5.92 Å². The number of carbonyl (C=O) groups is 1. The topological polar surface area (TPSA) is 38.8 Å². The number of amides is 1. The van der Waals surface area contributed by atoms with Gasteiger partial charge < -0.3 is 15.1 Å². The van der Waals surface area contributed by atoms with Crippen molar-refractivity contribution in [2.45, 2.75) is 12.8 Å². The molecule has 2 fully saturated rings. The molecular formula is C14H28N4O. The number of nitrogens with zero attached hydrogens (tertiary/aromatic N) is 3. The molecule has 0 aromatic rings. The highest BCUT2D eigenvalue weighted by Gasteiger charge is 2.21. The van der Waals surface area contributed by atoms with Gasteiger partial charge in [-0.2, -0.15) is 0 Å². The number of rotatable bonds is 5. The third-order valence-electron chi connectivity index (χ3n) is 4.36. The molecule has 2 saturated heterocycles. The fourth-order valence-electron chi connectivity index (χ4n) is 2.94. The minimum Gasteiger partial charge on any atom is -0.345 e. The highest BCUT2D eigenvalue weighted by Crippen LogP contribution is 2.17. The monoisotopic (exact) mass is 268 g/mol. The Morgan fingerprint density at radius 1 is 1.32 bits per heavy atom. The summed E-state index contributed by atoms with van der Waals surface area (Å²) in [5.41, 5.74) is 0. The SMILES string of the molecule is CN1CCC(CCN(C)C(=O)CN2CCNCC2)C1. The number of piperazine rings is 1. The van der Waals surface area contributed by atoms with Crippen molar-refractivity contribution in [3.63, 3.8) is 0 Å². The minimum atomic E-state index is 0.272. The third kappa shape index (κ3) is 4.75. The van der Waals surface area contributed by atoms with Crippen LogP contribution >= 0.6 is 0 Å². The summed E-state index contributed by atoms with van der Waals surface area (Å²) >= 11 is 0. The van der Waals surface area contributed by atoms with Gasteiger partial charge in [-0.1, -0.05) is 0 Å². The Hall–Kier alpha value is -0.650. The highest BCUT2D eigenvalue weighted by molar-refractivity contribution is 5.77. The van der Waals surface area contributed by atoms with Gasteiger partial charge in [0, 0.05) is 46.3 Å². The summed E-state index contributed by atoms with van der Waals surface area (Å²) < 4.78 is 0. The Labute approximate surface area is 116 Å². The Morgan fingerprint density at radius 2 is 2.05 bits per heavy atom. The average Bonchev–Trinajstić information content (AvgIpc) is 2.83. The van der Waals surface area contributed by atoms with Gasteiger partial charge in [-0.05, 0) is 32.4 Å². The zero-order valence-electron chi connectivity index (χ0n) is 12.4. The number of carbonyl (C=O) groups excluding carboxylic acids is 1. The van der Waals surface area contributed by atoms with Crippen LogP contribution in [0.25, 0.3) is 0 Å². The first kappa shape index (κ1) is 14.8. The van der Waals surface area contributed by atoms with Crippen molar-refractivity contribution in [2.75, 3.05) is 66.5 Å². The molecule has 5 heteroatoms. The molecule has 19 heavy (non-hydrogen) atoms. The molecule has 2 aliphatic heterocycles. The summed E-state index contributed by atoms with van der Waals surface area (Å²) in [5.74, 6) is 1.05. The van der Waals surface area contributed by atoms with Gasteiger partial charge in [-0.25, -0.2) is 0 Å². The molecule has 2 heterocycles. The minimum absolute atomic E-state index is 0.272. The summed E-state index contributed by atoms with van der Waals surface area (Å²) in [5, 5.41) is 3.31. The largest absolute Gasteiger partial charge is 0.345 e. The lowest BCUT2D eigenvalue weighted by atomic mass is 10.1. The van der Waals surface area contributed by atoms with Crippen LogP contribution in [0.5, 0.6) is 0 Å². The molecule has 0 radical (unpaired) electrons.